The molecule has 0 radical (unpaired) electrons. The van der Waals surface area contributed by atoms with Crippen molar-refractivity contribution in [1.29, 1.82) is 0 Å². The highest BCUT2D eigenvalue weighted by Gasteiger charge is 2.12. The maximum Gasteiger partial charge on any atom is 0.264 e. The molecule has 11 heteroatoms. The Morgan fingerprint density at radius 2 is 2.22 bits per heavy atom. The number of hydrogen-bond acceptors (Lipinski definition) is 7. The maximum atomic E-state index is 13.4. The van der Waals surface area contributed by atoms with Gasteiger partial charge in [-0.3, -0.25) is 14.0 Å². The van der Waals surface area contributed by atoms with Crippen molar-refractivity contribution in [1.82, 2.24) is 29.5 Å². The van der Waals surface area contributed by atoms with E-state index >= 15 is 0 Å². The molecular weight excluding hydrogens is 379 g/mol. The first-order valence-corrected chi connectivity index (χ1v) is 8.15. The predicted molar refractivity (Wildman–Crippen MR) is 91.9 cm³/mol. The van der Waals surface area contributed by atoms with E-state index in [-0.39, 0.29) is 41.2 Å². The molecular formula is C16H12ClFN6O3. The Morgan fingerprint density at radius 1 is 1.37 bits per heavy atom. The van der Waals surface area contributed by atoms with Crippen molar-refractivity contribution < 1.29 is 13.7 Å². The normalized spacial score (nSPS) is 11.2. The fourth-order valence-electron chi connectivity index (χ4n) is 2.45. The van der Waals surface area contributed by atoms with Gasteiger partial charge in [-0.2, -0.15) is 10.1 Å². The van der Waals surface area contributed by atoms with Gasteiger partial charge < -0.3 is 9.26 Å². The molecule has 4 rings (SSSR count). The van der Waals surface area contributed by atoms with Gasteiger partial charge in [0.05, 0.1) is 11.2 Å². The highest BCUT2D eigenvalue weighted by Crippen LogP contribution is 2.21. The van der Waals surface area contributed by atoms with Crippen LogP contribution in [0.15, 0.2) is 40.0 Å². The van der Waals surface area contributed by atoms with Crippen molar-refractivity contribution in [3.8, 4) is 5.75 Å². The first kappa shape index (κ1) is 17.2. The van der Waals surface area contributed by atoms with Crippen molar-refractivity contribution in [2.75, 3.05) is 0 Å². The highest BCUT2D eigenvalue weighted by molar-refractivity contribution is 6.30. The van der Waals surface area contributed by atoms with Crippen molar-refractivity contribution >= 4 is 22.6 Å². The van der Waals surface area contributed by atoms with E-state index in [1.54, 1.807) is 7.05 Å². The summed E-state index contributed by atoms with van der Waals surface area (Å²) < 4.78 is 26.8. The Balaban J connectivity index is 1.47. The van der Waals surface area contributed by atoms with E-state index in [1.165, 1.54) is 33.9 Å². The fourth-order valence-corrected chi connectivity index (χ4v) is 2.57. The SMILES string of the molecule is Cn1ncc2c(=O)n(Cc3nc(COc4ccc(Cl)c(F)c4)no3)cnc21. The number of benzene rings is 1. The van der Waals surface area contributed by atoms with E-state index in [4.69, 9.17) is 20.9 Å². The lowest BCUT2D eigenvalue weighted by Crippen LogP contribution is -2.21. The molecule has 138 valence electrons. The third kappa shape index (κ3) is 3.38. The molecule has 0 amide bonds. The van der Waals surface area contributed by atoms with Crippen molar-refractivity contribution in [3.63, 3.8) is 0 Å². The summed E-state index contributed by atoms with van der Waals surface area (Å²) in [6, 6.07) is 4.08. The quantitative estimate of drug-likeness (QED) is 0.513. The van der Waals surface area contributed by atoms with Gasteiger partial charge in [-0.05, 0) is 12.1 Å². The largest absolute Gasteiger partial charge is 0.485 e. The molecule has 3 aromatic heterocycles. The first-order chi connectivity index (χ1) is 13.0. The molecule has 27 heavy (non-hydrogen) atoms. The number of ether oxygens (including phenoxy) is 1. The summed E-state index contributed by atoms with van der Waals surface area (Å²) >= 11 is 5.62. The van der Waals surface area contributed by atoms with Gasteiger partial charge >= 0.3 is 0 Å². The second-order valence-electron chi connectivity index (χ2n) is 5.65. The van der Waals surface area contributed by atoms with E-state index in [1.807, 2.05) is 0 Å². The summed E-state index contributed by atoms with van der Waals surface area (Å²) in [5.74, 6) is 0.165. The van der Waals surface area contributed by atoms with Crippen LogP contribution >= 0.6 is 11.6 Å². The monoisotopic (exact) mass is 390 g/mol. The lowest BCUT2D eigenvalue weighted by Gasteiger charge is -2.03. The average molecular weight is 391 g/mol. The Labute approximate surface area is 156 Å². The van der Waals surface area contributed by atoms with E-state index in [2.05, 4.69) is 20.2 Å². The van der Waals surface area contributed by atoms with Crippen LogP contribution in [0.3, 0.4) is 0 Å². The van der Waals surface area contributed by atoms with Crippen LogP contribution in [0.2, 0.25) is 5.02 Å². The smallest absolute Gasteiger partial charge is 0.264 e. The zero-order valence-corrected chi connectivity index (χ0v) is 14.7. The average Bonchev–Trinajstić information content (AvgIpc) is 3.26. The molecule has 4 aromatic rings. The van der Waals surface area contributed by atoms with E-state index < -0.39 is 5.82 Å². The molecule has 0 spiro atoms. The van der Waals surface area contributed by atoms with E-state index in [9.17, 15) is 9.18 Å². The molecule has 0 aliphatic carbocycles. The Hall–Kier alpha value is -3.27. The summed E-state index contributed by atoms with van der Waals surface area (Å²) in [5, 5.41) is 8.20. The number of aryl methyl sites for hydroxylation is 1. The van der Waals surface area contributed by atoms with Crippen LogP contribution in [-0.2, 0) is 20.2 Å². The first-order valence-electron chi connectivity index (χ1n) is 7.78. The molecule has 0 aliphatic heterocycles. The van der Waals surface area contributed by atoms with Gasteiger partial charge in [0, 0.05) is 13.1 Å². The van der Waals surface area contributed by atoms with Crippen LogP contribution in [0, 0.1) is 5.82 Å². The van der Waals surface area contributed by atoms with E-state index in [0.717, 1.165) is 6.07 Å². The lowest BCUT2D eigenvalue weighted by atomic mass is 10.3. The zero-order chi connectivity index (χ0) is 19.0. The predicted octanol–water partition coefficient (Wildman–Crippen LogP) is 1.93. The second kappa shape index (κ2) is 6.80. The minimum absolute atomic E-state index is 0.00818. The van der Waals surface area contributed by atoms with Crippen LogP contribution in [0.5, 0.6) is 5.75 Å². The fraction of sp³-hybridized carbons (Fsp3) is 0.188. The number of halogens is 2. The zero-order valence-electron chi connectivity index (χ0n) is 14.0. The molecule has 9 nitrogen and oxygen atoms in total. The van der Waals surface area contributed by atoms with Crippen LogP contribution < -0.4 is 10.3 Å². The molecule has 3 heterocycles. The molecule has 0 N–H and O–H groups in total. The van der Waals surface area contributed by atoms with E-state index in [0.29, 0.717) is 11.0 Å². The molecule has 0 fully saturated rings. The van der Waals surface area contributed by atoms with Crippen LogP contribution in [0.25, 0.3) is 11.0 Å². The second-order valence-corrected chi connectivity index (χ2v) is 6.06. The standard InChI is InChI=1S/C16H12ClFN6O3/c1-23-15-10(5-20-23)16(25)24(8-19-15)6-14-21-13(22-27-14)7-26-9-2-3-11(17)12(18)4-9/h2-5,8H,6-7H2,1H3. The topological polar surface area (TPSA) is 101 Å². The Morgan fingerprint density at radius 3 is 3.04 bits per heavy atom. The van der Waals surface area contributed by atoms with Crippen LogP contribution in [0.1, 0.15) is 11.7 Å². The van der Waals surface area contributed by atoms with Gasteiger partial charge in [0.2, 0.25) is 11.7 Å². The molecule has 0 aliphatic rings. The maximum absolute atomic E-state index is 13.4. The van der Waals surface area contributed by atoms with Gasteiger partial charge in [0.15, 0.2) is 12.3 Å². The minimum Gasteiger partial charge on any atom is -0.485 e. The van der Waals surface area contributed by atoms with Crippen molar-refractivity contribution in [3.05, 3.63) is 63.6 Å². The van der Waals surface area contributed by atoms with Crippen LogP contribution in [-0.4, -0.2) is 29.5 Å². The van der Waals surface area contributed by atoms with Crippen LogP contribution in [0.4, 0.5) is 4.39 Å². The molecule has 0 saturated carbocycles. The number of nitrogens with zero attached hydrogens (tertiary/aromatic N) is 6. The summed E-state index contributed by atoms with van der Waals surface area (Å²) in [6.07, 6.45) is 2.85. The van der Waals surface area contributed by atoms with Gasteiger partial charge in [-0.15, -0.1) is 0 Å². The Bertz CT molecular complexity index is 1180. The molecule has 0 saturated heterocycles. The lowest BCUT2D eigenvalue weighted by molar-refractivity contribution is 0.283. The molecule has 0 bridgehead atoms. The van der Waals surface area contributed by atoms with Gasteiger partial charge in [-0.1, -0.05) is 16.8 Å². The third-order valence-electron chi connectivity index (χ3n) is 3.79. The Kier molecular flexibility index (Phi) is 4.32. The summed E-state index contributed by atoms with van der Waals surface area (Å²) in [6.45, 7) is 0.0264. The summed E-state index contributed by atoms with van der Waals surface area (Å²) in [7, 11) is 1.70. The number of rotatable bonds is 5. The molecule has 1 aromatic carbocycles. The van der Waals surface area contributed by atoms with Gasteiger partial charge in [0.25, 0.3) is 5.56 Å². The number of hydrogen-bond donors (Lipinski definition) is 0. The molecule has 0 atom stereocenters. The summed E-state index contributed by atoms with van der Waals surface area (Å²) in [5.41, 5.74) is 0.229. The highest BCUT2D eigenvalue weighted by atomic mass is 35.5. The van der Waals surface area contributed by atoms with Crippen molar-refractivity contribution in [2.24, 2.45) is 7.05 Å². The van der Waals surface area contributed by atoms with Gasteiger partial charge in [-0.25, -0.2) is 9.37 Å². The van der Waals surface area contributed by atoms with Gasteiger partial charge in [0.1, 0.15) is 29.8 Å². The third-order valence-corrected chi connectivity index (χ3v) is 4.10. The minimum atomic E-state index is -0.583. The molecule has 0 unspecified atom stereocenters. The summed E-state index contributed by atoms with van der Waals surface area (Å²) in [4.78, 5) is 20.8. The number of aromatic nitrogens is 6. The number of fused-ring (bicyclic) bond motifs is 1. The van der Waals surface area contributed by atoms with Crippen molar-refractivity contribution in [2.45, 2.75) is 13.2 Å².